The van der Waals surface area contributed by atoms with Crippen LogP contribution in [-0.4, -0.2) is 25.1 Å². The third-order valence-corrected chi connectivity index (χ3v) is 2.49. The molecule has 0 saturated heterocycles. The highest BCUT2D eigenvalue weighted by Crippen LogP contribution is 2.19. The summed E-state index contributed by atoms with van der Waals surface area (Å²) < 4.78 is 10.5. The van der Waals surface area contributed by atoms with E-state index in [1.54, 1.807) is 25.1 Å². The van der Waals surface area contributed by atoms with Crippen LogP contribution in [0.3, 0.4) is 0 Å². The lowest BCUT2D eigenvalue weighted by Gasteiger charge is -2.09. The standard InChI is InChI=1S/C13H17ClO3/c1-3-16-13(15)11-5-6-12(10(2)9-11)17-8-4-7-14/h5-6,9H,3-4,7-8H2,1-2H3. The second kappa shape index (κ2) is 7.17. The van der Waals surface area contributed by atoms with Gasteiger partial charge in [0, 0.05) is 5.88 Å². The van der Waals surface area contributed by atoms with Crippen LogP contribution in [0.4, 0.5) is 0 Å². The van der Waals surface area contributed by atoms with Crippen LogP contribution >= 0.6 is 11.6 Å². The number of aryl methyl sites for hydroxylation is 1. The maximum Gasteiger partial charge on any atom is 0.338 e. The van der Waals surface area contributed by atoms with E-state index in [1.807, 2.05) is 6.92 Å². The summed E-state index contributed by atoms with van der Waals surface area (Å²) in [6.07, 6.45) is 0.806. The molecule has 0 spiro atoms. The van der Waals surface area contributed by atoms with Gasteiger partial charge in [-0.2, -0.15) is 0 Å². The minimum Gasteiger partial charge on any atom is -0.493 e. The molecule has 0 aliphatic heterocycles. The Morgan fingerprint density at radius 1 is 1.41 bits per heavy atom. The van der Waals surface area contributed by atoms with E-state index in [0.29, 0.717) is 24.7 Å². The molecule has 17 heavy (non-hydrogen) atoms. The average molecular weight is 257 g/mol. The first-order valence-electron chi connectivity index (χ1n) is 5.65. The number of carbonyl (C=O) groups excluding carboxylic acids is 1. The summed E-state index contributed by atoms with van der Waals surface area (Å²) in [7, 11) is 0. The monoisotopic (exact) mass is 256 g/mol. The van der Waals surface area contributed by atoms with E-state index in [4.69, 9.17) is 21.1 Å². The molecular weight excluding hydrogens is 240 g/mol. The molecule has 4 heteroatoms. The van der Waals surface area contributed by atoms with Gasteiger partial charge in [-0.25, -0.2) is 4.79 Å². The van der Waals surface area contributed by atoms with Gasteiger partial charge in [-0.1, -0.05) is 0 Å². The molecule has 0 aromatic heterocycles. The molecule has 0 radical (unpaired) electrons. The van der Waals surface area contributed by atoms with Crippen molar-refractivity contribution in [1.29, 1.82) is 0 Å². The first kappa shape index (κ1) is 13.8. The Balaban J connectivity index is 2.68. The number of carbonyl (C=O) groups is 1. The molecule has 0 bridgehead atoms. The highest BCUT2D eigenvalue weighted by atomic mass is 35.5. The topological polar surface area (TPSA) is 35.5 Å². The minimum atomic E-state index is -0.303. The van der Waals surface area contributed by atoms with Gasteiger partial charge in [0.25, 0.3) is 0 Å². The Hall–Kier alpha value is -1.22. The molecule has 1 rings (SSSR count). The van der Waals surface area contributed by atoms with Crippen LogP contribution in [0.25, 0.3) is 0 Å². The van der Waals surface area contributed by atoms with Gasteiger partial charge in [-0.15, -0.1) is 11.6 Å². The van der Waals surface area contributed by atoms with Crippen LogP contribution in [0.2, 0.25) is 0 Å². The van der Waals surface area contributed by atoms with Crippen LogP contribution in [-0.2, 0) is 4.74 Å². The van der Waals surface area contributed by atoms with Gasteiger partial charge in [-0.3, -0.25) is 0 Å². The zero-order valence-corrected chi connectivity index (χ0v) is 10.9. The maximum atomic E-state index is 11.5. The van der Waals surface area contributed by atoms with Crippen molar-refractivity contribution < 1.29 is 14.3 Å². The Morgan fingerprint density at radius 3 is 2.76 bits per heavy atom. The molecule has 0 fully saturated rings. The molecule has 0 aliphatic carbocycles. The van der Waals surface area contributed by atoms with Crippen LogP contribution in [0.15, 0.2) is 18.2 Å². The maximum absolute atomic E-state index is 11.5. The van der Waals surface area contributed by atoms with Gasteiger partial charge in [0.2, 0.25) is 0 Å². The number of halogens is 1. The van der Waals surface area contributed by atoms with Crippen LogP contribution < -0.4 is 4.74 Å². The van der Waals surface area contributed by atoms with Gasteiger partial charge >= 0.3 is 5.97 Å². The molecule has 1 aromatic rings. The summed E-state index contributed by atoms with van der Waals surface area (Å²) in [5, 5.41) is 0. The summed E-state index contributed by atoms with van der Waals surface area (Å²) in [6, 6.07) is 5.27. The third-order valence-electron chi connectivity index (χ3n) is 2.22. The molecule has 0 unspecified atom stereocenters. The highest BCUT2D eigenvalue weighted by molar-refractivity contribution is 6.17. The molecule has 0 atom stereocenters. The molecule has 1 aromatic carbocycles. The quantitative estimate of drug-likeness (QED) is 0.446. The summed E-state index contributed by atoms with van der Waals surface area (Å²) >= 11 is 5.57. The fourth-order valence-corrected chi connectivity index (χ4v) is 1.50. The third kappa shape index (κ3) is 4.27. The molecular formula is C13H17ClO3. The molecule has 3 nitrogen and oxygen atoms in total. The van der Waals surface area contributed by atoms with E-state index in [9.17, 15) is 4.79 Å². The average Bonchev–Trinajstić information content (AvgIpc) is 2.31. The summed E-state index contributed by atoms with van der Waals surface area (Å²) in [5.74, 6) is 1.06. The largest absolute Gasteiger partial charge is 0.493 e. The van der Waals surface area contributed by atoms with Crippen molar-refractivity contribution >= 4 is 17.6 Å². The van der Waals surface area contributed by atoms with E-state index in [1.165, 1.54) is 0 Å². The Bertz CT molecular complexity index is 377. The number of benzene rings is 1. The molecule has 94 valence electrons. The lowest BCUT2D eigenvalue weighted by molar-refractivity contribution is 0.0526. The number of esters is 1. The van der Waals surface area contributed by atoms with E-state index < -0.39 is 0 Å². The Kier molecular flexibility index (Phi) is 5.84. The lowest BCUT2D eigenvalue weighted by Crippen LogP contribution is -2.06. The smallest absolute Gasteiger partial charge is 0.338 e. The predicted octanol–water partition coefficient (Wildman–Crippen LogP) is 3.18. The first-order valence-corrected chi connectivity index (χ1v) is 6.19. The molecule has 0 saturated carbocycles. The van der Waals surface area contributed by atoms with E-state index in [-0.39, 0.29) is 5.97 Å². The number of rotatable bonds is 6. The summed E-state index contributed by atoms with van der Waals surface area (Å²) in [6.45, 7) is 4.65. The number of alkyl halides is 1. The van der Waals surface area contributed by atoms with Crippen molar-refractivity contribution in [2.45, 2.75) is 20.3 Å². The van der Waals surface area contributed by atoms with Gasteiger partial charge in [0.1, 0.15) is 5.75 Å². The fraction of sp³-hybridized carbons (Fsp3) is 0.462. The molecule has 0 N–H and O–H groups in total. The summed E-state index contributed by atoms with van der Waals surface area (Å²) in [4.78, 5) is 11.5. The lowest BCUT2D eigenvalue weighted by atomic mass is 10.1. The van der Waals surface area contributed by atoms with Gasteiger partial charge in [0.15, 0.2) is 0 Å². The fourth-order valence-electron chi connectivity index (χ4n) is 1.39. The Morgan fingerprint density at radius 2 is 2.18 bits per heavy atom. The Labute approximate surface area is 107 Å². The van der Waals surface area contributed by atoms with Crippen LogP contribution in [0, 0.1) is 6.92 Å². The SMILES string of the molecule is CCOC(=O)c1ccc(OCCCCl)c(C)c1. The number of hydrogen-bond acceptors (Lipinski definition) is 3. The number of hydrogen-bond donors (Lipinski definition) is 0. The van der Waals surface area contributed by atoms with Crippen molar-refractivity contribution in [3.63, 3.8) is 0 Å². The van der Waals surface area contributed by atoms with Gasteiger partial charge < -0.3 is 9.47 Å². The first-order chi connectivity index (χ1) is 8.19. The van der Waals surface area contributed by atoms with Gasteiger partial charge in [-0.05, 0) is 44.0 Å². The highest BCUT2D eigenvalue weighted by Gasteiger charge is 2.08. The van der Waals surface area contributed by atoms with Crippen LogP contribution in [0.5, 0.6) is 5.75 Å². The van der Waals surface area contributed by atoms with E-state index in [0.717, 1.165) is 17.7 Å². The summed E-state index contributed by atoms with van der Waals surface area (Å²) in [5.41, 5.74) is 1.47. The molecule has 0 aliphatic rings. The zero-order chi connectivity index (χ0) is 12.7. The molecule has 0 amide bonds. The van der Waals surface area contributed by atoms with Crippen molar-refractivity contribution in [2.75, 3.05) is 19.1 Å². The van der Waals surface area contributed by atoms with Crippen LogP contribution in [0.1, 0.15) is 29.3 Å². The predicted molar refractivity (Wildman–Crippen MR) is 68.0 cm³/mol. The van der Waals surface area contributed by atoms with Crippen molar-refractivity contribution in [3.05, 3.63) is 29.3 Å². The second-order valence-electron chi connectivity index (χ2n) is 3.59. The zero-order valence-electron chi connectivity index (χ0n) is 10.2. The van der Waals surface area contributed by atoms with Crippen molar-refractivity contribution in [1.82, 2.24) is 0 Å². The van der Waals surface area contributed by atoms with Gasteiger partial charge in [0.05, 0.1) is 18.8 Å². The normalized spacial score (nSPS) is 10.1. The van der Waals surface area contributed by atoms with Crippen molar-refractivity contribution in [2.24, 2.45) is 0 Å². The number of ether oxygens (including phenoxy) is 2. The van der Waals surface area contributed by atoms with Crippen molar-refractivity contribution in [3.8, 4) is 5.75 Å². The van der Waals surface area contributed by atoms with E-state index in [2.05, 4.69) is 0 Å². The second-order valence-corrected chi connectivity index (χ2v) is 3.97. The van der Waals surface area contributed by atoms with E-state index >= 15 is 0 Å². The minimum absolute atomic E-state index is 0.303. The molecule has 0 heterocycles.